The van der Waals surface area contributed by atoms with Crippen molar-refractivity contribution in [3.05, 3.63) is 42.2 Å². The van der Waals surface area contributed by atoms with E-state index in [1.54, 1.807) is 0 Å². The van der Waals surface area contributed by atoms with Gasteiger partial charge in [-0.2, -0.15) is 0 Å². The lowest BCUT2D eigenvalue weighted by molar-refractivity contribution is 0.812. The highest BCUT2D eigenvalue weighted by atomic mass is 14.6. The number of rotatable bonds is 2. The molecule has 1 aromatic carbocycles. The van der Waals surface area contributed by atoms with Crippen molar-refractivity contribution < 1.29 is 0 Å². The van der Waals surface area contributed by atoms with Crippen molar-refractivity contribution in [1.82, 2.24) is 4.98 Å². The minimum absolute atomic E-state index is 0.682. The molecule has 0 spiro atoms. The number of hydrogen-bond donors (Lipinski definition) is 1. The number of nitrogens with zero attached hydrogens (tertiary/aromatic N) is 1. The van der Waals surface area contributed by atoms with Crippen LogP contribution in [0.15, 0.2) is 36.7 Å². The molecule has 1 aliphatic rings. The number of aromatic nitrogens is 1. The van der Waals surface area contributed by atoms with Crippen molar-refractivity contribution in [2.75, 3.05) is 6.54 Å². The van der Waals surface area contributed by atoms with Crippen LogP contribution in [0.3, 0.4) is 0 Å². The van der Waals surface area contributed by atoms with E-state index in [2.05, 4.69) is 29.2 Å². The van der Waals surface area contributed by atoms with Gasteiger partial charge in [0.15, 0.2) is 0 Å². The van der Waals surface area contributed by atoms with Gasteiger partial charge in [0, 0.05) is 17.8 Å². The largest absolute Gasteiger partial charge is 0.330 e. The number of fused-ring (bicyclic) bond motifs is 1. The summed E-state index contributed by atoms with van der Waals surface area (Å²) in [5, 5.41) is 2.58. The van der Waals surface area contributed by atoms with Crippen molar-refractivity contribution in [3.63, 3.8) is 0 Å². The van der Waals surface area contributed by atoms with Gasteiger partial charge in [-0.15, -0.1) is 0 Å². The van der Waals surface area contributed by atoms with E-state index in [1.165, 1.54) is 22.8 Å². The monoisotopic (exact) mass is 198 g/mol. The second-order valence-corrected chi connectivity index (χ2v) is 4.28. The first-order valence-corrected chi connectivity index (χ1v) is 5.43. The number of benzene rings is 1. The van der Waals surface area contributed by atoms with Crippen molar-refractivity contribution in [2.45, 2.75) is 12.3 Å². The molecule has 15 heavy (non-hydrogen) atoms. The number of nitrogens with two attached hydrogens (primary N) is 1. The normalized spacial score (nSPS) is 24.3. The van der Waals surface area contributed by atoms with Gasteiger partial charge >= 0.3 is 0 Å². The van der Waals surface area contributed by atoms with Crippen molar-refractivity contribution in [2.24, 2.45) is 11.7 Å². The lowest BCUT2D eigenvalue weighted by atomic mass is 10.0. The maximum atomic E-state index is 5.69. The molecule has 1 aromatic heterocycles. The van der Waals surface area contributed by atoms with Gasteiger partial charge < -0.3 is 5.73 Å². The van der Waals surface area contributed by atoms with E-state index in [0.717, 1.165) is 6.54 Å². The van der Waals surface area contributed by atoms with Gasteiger partial charge in [0.1, 0.15) is 0 Å². The van der Waals surface area contributed by atoms with Crippen LogP contribution < -0.4 is 5.73 Å². The first-order chi connectivity index (χ1) is 7.40. The third kappa shape index (κ3) is 1.41. The molecule has 0 bridgehead atoms. The molecule has 1 saturated carbocycles. The van der Waals surface area contributed by atoms with Gasteiger partial charge in [0.25, 0.3) is 0 Å². The first kappa shape index (κ1) is 8.86. The summed E-state index contributed by atoms with van der Waals surface area (Å²) in [4.78, 5) is 4.15. The first-order valence-electron chi connectivity index (χ1n) is 5.43. The van der Waals surface area contributed by atoms with Gasteiger partial charge in [-0.1, -0.05) is 18.2 Å². The fraction of sp³-hybridized carbons (Fsp3) is 0.308. The van der Waals surface area contributed by atoms with Crippen LogP contribution in [0.25, 0.3) is 10.8 Å². The Bertz CT molecular complexity index is 487. The average Bonchev–Trinajstić information content (AvgIpc) is 3.07. The van der Waals surface area contributed by atoms with E-state index >= 15 is 0 Å². The SMILES string of the molecule is NC[C@@H]1C[C@H]1c1cccc2cnccc12. The van der Waals surface area contributed by atoms with Crippen LogP contribution in [0.2, 0.25) is 0 Å². The van der Waals surface area contributed by atoms with Gasteiger partial charge in [0.05, 0.1) is 0 Å². The smallest absolute Gasteiger partial charge is 0.0346 e. The van der Waals surface area contributed by atoms with Crippen LogP contribution in [0.4, 0.5) is 0 Å². The molecule has 0 unspecified atom stereocenters. The Morgan fingerprint density at radius 2 is 2.27 bits per heavy atom. The average molecular weight is 198 g/mol. The van der Waals surface area contributed by atoms with Crippen LogP contribution in [0, 0.1) is 5.92 Å². The van der Waals surface area contributed by atoms with E-state index < -0.39 is 0 Å². The molecule has 0 saturated heterocycles. The summed E-state index contributed by atoms with van der Waals surface area (Å²) in [5.41, 5.74) is 7.14. The zero-order valence-electron chi connectivity index (χ0n) is 8.56. The molecule has 2 atom stereocenters. The third-order valence-corrected chi connectivity index (χ3v) is 3.34. The second kappa shape index (κ2) is 3.31. The molecule has 2 N–H and O–H groups in total. The van der Waals surface area contributed by atoms with Gasteiger partial charge in [-0.3, -0.25) is 4.98 Å². The summed E-state index contributed by atoms with van der Waals surface area (Å²) in [5.74, 6) is 1.38. The van der Waals surface area contributed by atoms with Gasteiger partial charge in [-0.05, 0) is 41.8 Å². The summed E-state index contributed by atoms with van der Waals surface area (Å²) < 4.78 is 0. The highest BCUT2D eigenvalue weighted by Crippen LogP contribution is 2.48. The second-order valence-electron chi connectivity index (χ2n) is 4.28. The summed E-state index contributed by atoms with van der Waals surface area (Å²) >= 11 is 0. The molecule has 76 valence electrons. The van der Waals surface area contributed by atoms with Crippen molar-refractivity contribution in [1.29, 1.82) is 0 Å². The molecule has 2 aromatic rings. The van der Waals surface area contributed by atoms with E-state index in [4.69, 9.17) is 5.73 Å². The van der Waals surface area contributed by atoms with E-state index in [0.29, 0.717) is 11.8 Å². The molecule has 1 aliphatic carbocycles. The zero-order valence-corrected chi connectivity index (χ0v) is 8.56. The predicted molar refractivity (Wildman–Crippen MR) is 61.6 cm³/mol. The Balaban J connectivity index is 2.11. The molecular formula is C13H14N2. The van der Waals surface area contributed by atoms with Gasteiger partial charge in [-0.25, -0.2) is 0 Å². The Hall–Kier alpha value is -1.41. The molecule has 0 amide bonds. The summed E-state index contributed by atoms with van der Waals surface area (Å²) in [6.45, 7) is 0.812. The highest BCUT2D eigenvalue weighted by molar-refractivity contribution is 5.85. The molecular weight excluding hydrogens is 184 g/mol. The minimum atomic E-state index is 0.682. The maximum Gasteiger partial charge on any atom is 0.0346 e. The molecule has 2 heteroatoms. The Kier molecular flexibility index (Phi) is 1.96. The molecule has 0 radical (unpaired) electrons. The fourth-order valence-corrected chi connectivity index (χ4v) is 2.36. The number of pyridine rings is 1. The minimum Gasteiger partial charge on any atom is -0.330 e. The molecule has 1 fully saturated rings. The predicted octanol–water partition coefficient (Wildman–Crippen LogP) is 2.30. The van der Waals surface area contributed by atoms with Crippen LogP contribution in [-0.4, -0.2) is 11.5 Å². The molecule has 0 aliphatic heterocycles. The molecule has 2 nitrogen and oxygen atoms in total. The molecule has 3 rings (SSSR count). The van der Waals surface area contributed by atoms with Crippen LogP contribution >= 0.6 is 0 Å². The van der Waals surface area contributed by atoms with Crippen molar-refractivity contribution >= 4 is 10.8 Å². The quantitative estimate of drug-likeness (QED) is 0.804. The highest BCUT2D eigenvalue weighted by Gasteiger charge is 2.37. The standard InChI is InChI=1S/C13H14N2/c14-7-10-6-13(10)12-3-1-2-9-8-15-5-4-11(9)12/h1-5,8,10,13H,6-7,14H2/t10-,13+/m0/s1. The summed E-state index contributed by atoms with van der Waals surface area (Å²) in [6.07, 6.45) is 5.04. The maximum absolute atomic E-state index is 5.69. The lowest BCUT2D eigenvalue weighted by Crippen LogP contribution is -2.02. The van der Waals surface area contributed by atoms with Crippen LogP contribution in [-0.2, 0) is 0 Å². The number of hydrogen-bond acceptors (Lipinski definition) is 2. The third-order valence-electron chi connectivity index (χ3n) is 3.34. The van der Waals surface area contributed by atoms with Crippen molar-refractivity contribution in [3.8, 4) is 0 Å². The summed E-state index contributed by atoms with van der Waals surface area (Å²) in [6, 6.07) is 8.57. The Morgan fingerprint density at radius 3 is 3.07 bits per heavy atom. The Labute approximate surface area is 89.1 Å². The lowest BCUT2D eigenvalue weighted by Gasteiger charge is -2.04. The molecule has 1 heterocycles. The van der Waals surface area contributed by atoms with Crippen LogP contribution in [0.5, 0.6) is 0 Å². The van der Waals surface area contributed by atoms with E-state index in [-0.39, 0.29) is 0 Å². The van der Waals surface area contributed by atoms with Crippen LogP contribution in [0.1, 0.15) is 17.9 Å². The Morgan fingerprint density at radius 1 is 1.33 bits per heavy atom. The topological polar surface area (TPSA) is 38.9 Å². The fourth-order valence-electron chi connectivity index (χ4n) is 2.36. The zero-order chi connectivity index (χ0) is 10.3. The van der Waals surface area contributed by atoms with E-state index in [1.807, 2.05) is 12.4 Å². The van der Waals surface area contributed by atoms with Gasteiger partial charge in [0.2, 0.25) is 0 Å². The summed E-state index contributed by atoms with van der Waals surface area (Å²) in [7, 11) is 0. The van der Waals surface area contributed by atoms with E-state index in [9.17, 15) is 0 Å².